The molecule has 0 aromatic rings. The van der Waals surface area contributed by atoms with Crippen LogP contribution in [-0.2, 0) is 23.7 Å². The fourth-order valence-electron chi connectivity index (χ4n) is 6.29. The van der Waals surface area contributed by atoms with Crippen molar-refractivity contribution in [3.63, 3.8) is 0 Å². The largest absolute Gasteiger partial charge is 0.457 e. The third-order valence-electron chi connectivity index (χ3n) is 9.62. The van der Waals surface area contributed by atoms with Crippen LogP contribution >= 0.6 is 0 Å². The summed E-state index contributed by atoms with van der Waals surface area (Å²) < 4.78 is 22.7. The average Bonchev–Trinajstić information content (AvgIpc) is 3.13. The van der Waals surface area contributed by atoms with E-state index in [9.17, 15) is 25.2 Å². The Morgan fingerprint density at radius 1 is 0.627 bits per heavy atom. The molecule has 9 nitrogen and oxygen atoms in total. The summed E-state index contributed by atoms with van der Waals surface area (Å²) in [6.07, 6.45) is 30.5. The number of aliphatic hydroxyl groups is 4. The lowest BCUT2D eigenvalue weighted by Crippen LogP contribution is -2.59. The van der Waals surface area contributed by atoms with Crippen molar-refractivity contribution >= 4 is 5.97 Å². The van der Waals surface area contributed by atoms with Crippen molar-refractivity contribution in [2.45, 2.75) is 211 Å². The molecule has 9 heteroatoms. The number of allylic oxidation sites excluding steroid dienone is 4. The number of hydrogen-bond acceptors (Lipinski definition) is 9. The van der Waals surface area contributed by atoms with Crippen molar-refractivity contribution in [3.05, 3.63) is 24.3 Å². The van der Waals surface area contributed by atoms with Crippen LogP contribution < -0.4 is 0 Å². The Balaban J connectivity index is 2.31. The molecule has 4 N–H and O–H groups in total. The summed E-state index contributed by atoms with van der Waals surface area (Å²) in [4.78, 5) is 12.7. The number of aliphatic hydroxyl groups excluding tert-OH is 4. The van der Waals surface area contributed by atoms with Crippen molar-refractivity contribution in [1.29, 1.82) is 0 Å². The van der Waals surface area contributed by atoms with Crippen molar-refractivity contribution < 1.29 is 44.2 Å². The molecule has 300 valence electrons. The Bertz CT molecular complexity index is 833. The lowest BCUT2D eigenvalue weighted by Gasteiger charge is -2.39. The van der Waals surface area contributed by atoms with Crippen LogP contribution in [0.1, 0.15) is 174 Å². The van der Waals surface area contributed by atoms with Crippen molar-refractivity contribution in [2.75, 3.05) is 26.4 Å². The van der Waals surface area contributed by atoms with Gasteiger partial charge in [0.25, 0.3) is 0 Å². The monoisotopic (exact) mass is 727 g/mol. The smallest absolute Gasteiger partial charge is 0.306 e. The first-order chi connectivity index (χ1) is 24.9. The van der Waals surface area contributed by atoms with Gasteiger partial charge in [0, 0.05) is 13.0 Å². The molecule has 0 radical (unpaired) electrons. The molecule has 1 aliphatic rings. The molecule has 0 saturated carbocycles. The summed E-state index contributed by atoms with van der Waals surface area (Å²) in [6, 6.07) is 0. The number of carbonyl (C=O) groups is 1. The van der Waals surface area contributed by atoms with E-state index in [4.69, 9.17) is 18.9 Å². The quantitative estimate of drug-likeness (QED) is 0.0288. The third-order valence-corrected chi connectivity index (χ3v) is 9.62. The third kappa shape index (κ3) is 26.1. The van der Waals surface area contributed by atoms with E-state index in [1.165, 1.54) is 96.3 Å². The first-order valence-corrected chi connectivity index (χ1v) is 20.9. The molecular formula is C42H78O9. The van der Waals surface area contributed by atoms with Gasteiger partial charge in [0.05, 0.1) is 19.8 Å². The summed E-state index contributed by atoms with van der Waals surface area (Å²) in [5.41, 5.74) is 0. The number of hydrogen-bond donors (Lipinski definition) is 4. The van der Waals surface area contributed by atoms with Gasteiger partial charge in [0.1, 0.15) is 30.5 Å². The van der Waals surface area contributed by atoms with Crippen LogP contribution in [0.25, 0.3) is 0 Å². The van der Waals surface area contributed by atoms with Crippen LogP contribution in [0.3, 0.4) is 0 Å². The first kappa shape index (κ1) is 47.7. The number of esters is 1. The molecule has 0 amide bonds. The molecule has 6 atom stereocenters. The summed E-state index contributed by atoms with van der Waals surface area (Å²) in [6.45, 7) is 4.52. The predicted molar refractivity (Wildman–Crippen MR) is 205 cm³/mol. The summed E-state index contributed by atoms with van der Waals surface area (Å²) in [7, 11) is 0. The van der Waals surface area contributed by atoms with Gasteiger partial charge in [-0.1, -0.05) is 147 Å². The second-order valence-corrected chi connectivity index (χ2v) is 14.4. The van der Waals surface area contributed by atoms with Gasteiger partial charge in [-0.25, -0.2) is 0 Å². The SMILES string of the molecule is CCCCC/C=C\C/C=C\CCCCCCCC(=O)OC(COCCCCCCCCCCCCCCC)COC1OC(CO)C(O)C(O)C1O. The molecule has 1 saturated heterocycles. The van der Waals surface area contributed by atoms with E-state index in [0.29, 0.717) is 13.0 Å². The van der Waals surface area contributed by atoms with Crippen molar-refractivity contribution in [2.24, 2.45) is 0 Å². The van der Waals surface area contributed by atoms with E-state index < -0.39 is 43.4 Å². The first-order valence-electron chi connectivity index (χ1n) is 20.9. The standard InChI is InChI=1S/C42H78O9/c1-3-5-7-9-11-13-15-17-18-19-21-23-25-27-29-31-38(44)50-36(35-49-42-41(47)40(46)39(45)37(33-43)51-42)34-48-32-30-28-26-24-22-20-16-14-12-10-8-6-4-2/h11,13,17-18,36-37,39-43,45-47H,3-10,12,14-16,19-35H2,1-2H3/b13-11-,18-17-. The molecule has 6 unspecified atom stereocenters. The highest BCUT2D eigenvalue weighted by molar-refractivity contribution is 5.69. The van der Waals surface area contributed by atoms with E-state index in [1.807, 2.05) is 0 Å². The van der Waals surface area contributed by atoms with Gasteiger partial charge in [-0.2, -0.15) is 0 Å². The van der Waals surface area contributed by atoms with Gasteiger partial charge in [-0.05, 0) is 44.9 Å². The molecule has 0 aliphatic carbocycles. The second-order valence-electron chi connectivity index (χ2n) is 14.4. The Hall–Kier alpha value is -1.33. The minimum atomic E-state index is -1.54. The van der Waals surface area contributed by atoms with Gasteiger partial charge in [-0.15, -0.1) is 0 Å². The van der Waals surface area contributed by atoms with Crippen LogP contribution in [-0.4, -0.2) is 89.6 Å². The molecule has 0 aromatic heterocycles. The molecule has 0 bridgehead atoms. The summed E-state index contributed by atoms with van der Waals surface area (Å²) in [5, 5.41) is 40.0. The molecule has 51 heavy (non-hydrogen) atoms. The zero-order valence-electron chi connectivity index (χ0n) is 32.6. The lowest BCUT2D eigenvalue weighted by molar-refractivity contribution is -0.305. The fourth-order valence-corrected chi connectivity index (χ4v) is 6.29. The van der Waals surface area contributed by atoms with E-state index in [1.54, 1.807) is 0 Å². The topological polar surface area (TPSA) is 135 Å². The molecule has 1 heterocycles. The summed E-state index contributed by atoms with van der Waals surface area (Å²) >= 11 is 0. The molecule has 1 aliphatic heterocycles. The Kier molecular flexibility index (Phi) is 32.2. The summed E-state index contributed by atoms with van der Waals surface area (Å²) in [5.74, 6) is -0.326. The highest BCUT2D eigenvalue weighted by atomic mass is 16.7. The molecule has 0 spiro atoms. The Labute approximate surface area is 311 Å². The van der Waals surface area contributed by atoms with Crippen LogP contribution in [0.2, 0.25) is 0 Å². The maximum Gasteiger partial charge on any atom is 0.306 e. The van der Waals surface area contributed by atoms with Gasteiger partial charge < -0.3 is 39.4 Å². The second kappa shape index (κ2) is 34.4. The van der Waals surface area contributed by atoms with E-state index >= 15 is 0 Å². The van der Waals surface area contributed by atoms with Crippen LogP contribution in [0.4, 0.5) is 0 Å². The Morgan fingerprint density at radius 2 is 1.14 bits per heavy atom. The maximum atomic E-state index is 12.7. The van der Waals surface area contributed by atoms with Gasteiger partial charge in [-0.3, -0.25) is 4.79 Å². The highest BCUT2D eigenvalue weighted by Gasteiger charge is 2.44. The minimum absolute atomic E-state index is 0.116. The van der Waals surface area contributed by atoms with Crippen molar-refractivity contribution in [3.8, 4) is 0 Å². The Morgan fingerprint density at radius 3 is 1.73 bits per heavy atom. The van der Waals surface area contributed by atoms with Crippen LogP contribution in [0, 0.1) is 0 Å². The number of carbonyl (C=O) groups excluding carboxylic acids is 1. The number of ether oxygens (including phenoxy) is 4. The zero-order chi connectivity index (χ0) is 37.2. The van der Waals surface area contributed by atoms with Crippen molar-refractivity contribution in [1.82, 2.24) is 0 Å². The average molecular weight is 727 g/mol. The lowest BCUT2D eigenvalue weighted by atomic mass is 9.99. The zero-order valence-corrected chi connectivity index (χ0v) is 32.6. The molecule has 1 rings (SSSR count). The van der Waals surface area contributed by atoms with E-state index in [-0.39, 0.29) is 19.2 Å². The highest BCUT2D eigenvalue weighted by Crippen LogP contribution is 2.22. The van der Waals surface area contributed by atoms with Crippen LogP contribution in [0.15, 0.2) is 24.3 Å². The maximum absolute atomic E-state index is 12.7. The van der Waals surface area contributed by atoms with E-state index in [2.05, 4.69) is 38.2 Å². The number of rotatable bonds is 35. The van der Waals surface area contributed by atoms with E-state index in [0.717, 1.165) is 57.8 Å². The molecular weight excluding hydrogens is 648 g/mol. The minimum Gasteiger partial charge on any atom is -0.457 e. The van der Waals surface area contributed by atoms with Crippen LogP contribution in [0.5, 0.6) is 0 Å². The van der Waals surface area contributed by atoms with Gasteiger partial charge in [0.2, 0.25) is 0 Å². The predicted octanol–water partition coefficient (Wildman–Crippen LogP) is 8.64. The van der Waals surface area contributed by atoms with Gasteiger partial charge >= 0.3 is 5.97 Å². The number of unbranched alkanes of at least 4 members (excludes halogenated alkanes) is 20. The normalized spacial score (nSPS) is 21.6. The fraction of sp³-hybridized carbons (Fsp3) is 0.881. The molecule has 1 fully saturated rings. The van der Waals surface area contributed by atoms with Gasteiger partial charge in [0.15, 0.2) is 6.29 Å². The molecule has 0 aromatic carbocycles.